The molecule has 0 unspecified atom stereocenters. The van der Waals surface area contributed by atoms with E-state index in [2.05, 4.69) is 25.9 Å². The van der Waals surface area contributed by atoms with E-state index in [1.165, 1.54) is 0 Å². The van der Waals surface area contributed by atoms with Gasteiger partial charge in [0.05, 0.1) is 10.9 Å². The van der Waals surface area contributed by atoms with Crippen LogP contribution in [-0.2, 0) is 5.33 Å². The molecule has 0 saturated heterocycles. The third-order valence-electron chi connectivity index (χ3n) is 2.00. The Morgan fingerprint density at radius 2 is 2.00 bits per heavy atom. The van der Waals surface area contributed by atoms with Gasteiger partial charge < -0.3 is 4.98 Å². The van der Waals surface area contributed by atoms with Crippen LogP contribution in [0.15, 0.2) is 27.8 Å². The molecular formula is C9H7BrN2O2. The Labute approximate surface area is 87.1 Å². The Morgan fingerprint density at radius 3 is 2.71 bits per heavy atom. The largest absolute Gasteiger partial charge is 0.326 e. The van der Waals surface area contributed by atoms with Crippen LogP contribution in [0.25, 0.3) is 10.9 Å². The zero-order chi connectivity index (χ0) is 10.1. The number of aromatic nitrogens is 2. The van der Waals surface area contributed by atoms with E-state index in [-0.39, 0.29) is 5.56 Å². The number of nitrogens with one attached hydrogen (secondary N) is 2. The number of benzene rings is 1. The lowest BCUT2D eigenvalue weighted by Crippen LogP contribution is -2.22. The number of H-pyrrole nitrogens is 2. The molecule has 1 aromatic carbocycles. The summed E-state index contributed by atoms with van der Waals surface area (Å²) in [6.45, 7) is 0. The minimum absolute atomic E-state index is 0.355. The number of hydrogen-bond donors (Lipinski definition) is 2. The normalized spacial score (nSPS) is 10.6. The number of aromatic amines is 2. The maximum atomic E-state index is 11.4. The Morgan fingerprint density at radius 1 is 1.21 bits per heavy atom. The van der Waals surface area contributed by atoms with Crippen molar-refractivity contribution in [3.05, 3.63) is 44.6 Å². The predicted octanol–water partition coefficient (Wildman–Crippen LogP) is 1.11. The fourth-order valence-corrected chi connectivity index (χ4v) is 1.83. The topological polar surface area (TPSA) is 65.7 Å². The summed E-state index contributed by atoms with van der Waals surface area (Å²) in [6, 6.07) is 5.31. The van der Waals surface area contributed by atoms with Crippen molar-refractivity contribution in [3.63, 3.8) is 0 Å². The zero-order valence-electron chi connectivity index (χ0n) is 7.13. The molecule has 2 N–H and O–H groups in total. The average molecular weight is 255 g/mol. The summed E-state index contributed by atoms with van der Waals surface area (Å²) >= 11 is 3.29. The summed E-state index contributed by atoms with van der Waals surface area (Å²) in [7, 11) is 0. The van der Waals surface area contributed by atoms with Gasteiger partial charge in [-0.2, -0.15) is 0 Å². The van der Waals surface area contributed by atoms with Gasteiger partial charge in [-0.05, 0) is 11.6 Å². The second-order valence-electron chi connectivity index (χ2n) is 2.88. The van der Waals surface area contributed by atoms with Gasteiger partial charge in [-0.3, -0.25) is 9.78 Å². The summed E-state index contributed by atoms with van der Waals surface area (Å²) in [5.41, 5.74) is 0.659. The van der Waals surface area contributed by atoms with Crippen molar-refractivity contribution in [2.45, 2.75) is 5.33 Å². The Balaban J connectivity index is 3.01. The van der Waals surface area contributed by atoms with Gasteiger partial charge in [0.1, 0.15) is 0 Å². The van der Waals surface area contributed by atoms with Gasteiger partial charge in [0.2, 0.25) is 0 Å². The fourth-order valence-electron chi connectivity index (χ4n) is 1.36. The zero-order valence-corrected chi connectivity index (χ0v) is 8.72. The van der Waals surface area contributed by atoms with Crippen molar-refractivity contribution in [3.8, 4) is 0 Å². The lowest BCUT2D eigenvalue weighted by atomic mass is 10.1. The van der Waals surface area contributed by atoms with Crippen LogP contribution < -0.4 is 11.2 Å². The van der Waals surface area contributed by atoms with Gasteiger partial charge in [0.15, 0.2) is 0 Å². The maximum Gasteiger partial charge on any atom is 0.326 e. The van der Waals surface area contributed by atoms with Crippen molar-refractivity contribution in [2.75, 3.05) is 0 Å². The van der Waals surface area contributed by atoms with Gasteiger partial charge in [-0.25, -0.2) is 4.79 Å². The first-order valence-electron chi connectivity index (χ1n) is 4.02. The molecule has 0 atom stereocenters. The first-order chi connectivity index (χ1) is 6.72. The first kappa shape index (κ1) is 9.21. The van der Waals surface area contributed by atoms with Gasteiger partial charge in [-0.15, -0.1) is 0 Å². The number of fused-ring (bicyclic) bond motifs is 1. The molecule has 0 fully saturated rings. The first-order valence-corrected chi connectivity index (χ1v) is 5.14. The summed E-state index contributed by atoms with van der Waals surface area (Å²) < 4.78 is 0. The van der Waals surface area contributed by atoms with Crippen LogP contribution >= 0.6 is 15.9 Å². The summed E-state index contributed by atoms with van der Waals surface area (Å²) in [4.78, 5) is 27.2. The van der Waals surface area contributed by atoms with Crippen LogP contribution in [0.4, 0.5) is 0 Å². The molecule has 0 bridgehead atoms. The van der Waals surface area contributed by atoms with Crippen molar-refractivity contribution >= 4 is 26.8 Å². The summed E-state index contributed by atoms with van der Waals surface area (Å²) in [5.74, 6) is 0. The minimum Gasteiger partial charge on any atom is -0.307 e. The van der Waals surface area contributed by atoms with E-state index < -0.39 is 5.69 Å². The lowest BCUT2D eigenvalue weighted by Gasteiger charge is -2.00. The average Bonchev–Trinajstić information content (AvgIpc) is 2.17. The van der Waals surface area contributed by atoms with E-state index in [1.54, 1.807) is 12.1 Å². The van der Waals surface area contributed by atoms with Crippen LogP contribution in [-0.4, -0.2) is 9.97 Å². The van der Waals surface area contributed by atoms with Crippen molar-refractivity contribution in [1.82, 2.24) is 9.97 Å². The van der Waals surface area contributed by atoms with Crippen LogP contribution in [0.3, 0.4) is 0 Å². The molecule has 5 heteroatoms. The molecular weight excluding hydrogens is 248 g/mol. The monoisotopic (exact) mass is 254 g/mol. The second-order valence-corrected chi connectivity index (χ2v) is 3.44. The number of halogens is 1. The molecule has 0 aliphatic rings. The highest BCUT2D eigenvalue weighted by atomic mass is 79.9. The molecule has 0 aliphatic carbocycles. The van der Waals surface area contributed by atoms with E-state index in [9.17, 15) is 9.59 Å². The standard InChI is InChI=1S/C9H7BrN2O2/c10-4-5-2-1-3-6-7(5)11-9(14)12-8(6)13/h1-3H,4H2,(H2,11,12,13,14). The Bertz CT molecular complexity index is 585. The number of alkyl halides is 1. The third kappa shape index (κ3) is 1.39. The highest BCUT2D eigenvalue weighted by Gasteiger charge is 2.03. The van der Waals surface area contributed by atoms with E-state index in [0.717, 1.165) is 5.56 Å². The van der Waals surface area contributed by atoms with Gasteiger partial charge in [0.25, 0.3) is 5.56 Å². The molecule has 1 aromatic heterocycles. The molecule has 14 heavy (non-hydrogen) atoms. The maximum absolute atomic E-state index is 11.4. The predicted molar refractivity (Wildman–Crippen MR) is 57.8 cm³/mol. The molecule has 4 nitrogen and oxygen atoms in total. The van der Waals surface area contributed by atoms with Crippen LogP contribution in [0.2, 0.25) is 0 Å². The van der Waals surface area contributed by atoms with Gasteiger partial charge >= 0.3 is 5.69 Å². The summed E-state index contributed by atoms with van der Waals surface area (Å²) in [5, 5.41) is 1.10. The third-order valence-corrected chi connectivity index (χ3v) is 2.61. The van der Waals surface area contributed by atoms with Crippen LogP contribution in [0, 0.1) is 0 Å². The second kappa shape index (κ2) is 3.42. The molecule has 0 amide bonds. The molecule has 0 spiro atoms. The van der Waals surface area contributed by atoms with E-state index in [1.807, 2.05) is 6.07 Å². The van der Waals surface area contributed by atoms with Crippen LogP contribution in [0.5, 0.6) is 0 Å². The Hall–Kier alpha value is -1.36. The van der Waals surface area contributed by atoms with Crippen LogP contribution in [0.1, 0.15) is 5.56 Å². The fraction of sp³-hybridized carbons (Fsp3) is 0.111. The van der Waals surface area contributed by atoms with E-state index >= 15 is 0 Å². The molecule has 0 aliphatic heterocycles. The quantitative estimate of drug-likeness (QED) is 0.749. The molecule has 72 valence electrons. The van der Waals surface area contributed by atoms with Gasteiger partial charge in [0, 0.05) is 5.33 Å². The molecule has 0 radical (unpaired) electrons. The number of para-hydroxylation sites is 1. The SMILES string of the molecule is O=c1[nH]c(=O)c2cccc(CBr)c2[nH]1. The smallest absolute Gasteiger partial charge is 0.307 e. The van der Waals surface area contributed by atoms with Crippen molar-refractivity contribution < 1.29 is 0 Å². The van der Waals surface area contributed by atoms with Crippen molar-refractivity contribution in [2.24, 2.45) is 0 Å². The van der Waals surface area contributed by atoms with E-state index in [4.69, 9.17) is 0 Å². The summed E-state index contributed by atoms with van der Waals surface area (Å²) in [6.07, 6.45) is 0. The molecule has 0 saturated carbocycles. The highest BCUT2D eigenvalue weighted by Crippen LogP contribution is 2.14. The molecule has 2 rings (SSSR count). The number of hydrogen-bond acceptors (Lipinski definition) is 2. The van der Waals surface area contributed by atoms with Gasteiger partial charge in [-0.1, -0.05) is 28.1 Å². The highest BCUT2D eigenvalue weighted by molar-refractivity contribution is 9.08. The Kier molecular flexibility index (Phi) is 2.25. The van der Waals surface area contributed by atoms with Crippen molar-refractivity contribution in [1.29, 1.82) is 0 Å². The lowest BCUT2D eigenvalue weighted by molar-refractivity contribution is 1.08. The van der Waals surface area contributed by atoms with E-state index in [0.29, 0.717) is 16.2 Å². The molecule has 2 aromatic rings. The minimum atomic E-state index is -0.476. The number of rotatable bonds is 1. The molecule has 1 heterocycles.